The lowest BCUT2D eigenvalue weighted by molar-refractivity contribution is -0.131. The van der Waals surface area contributed by atoms with Crippen molar-refractivity contribution in [3.8, 4) is 6.07 Å². The van der Waals surface area contributed by atoms with Gasteiger partial charge in [-0.05, 0) is 0 Å². The third-order valence-corrected chi connectivity index (χ3v) is 0.898. The highest BCUT2D eigenvalue weighted by atomic mass is 16.4. The average Bonchev–Trinajstić information content (AvgIpc) is 2.63. The molecule has 2 N–H and O–H groups in total. The molecular formula is C10H10N2O4. The summed E-state index contributed by atoms with van der Waals surface area (Å²) < 4.78 is 0. The molecule has 0 aromatic rings. The smallest absolute Gasteiger partial charge is 0.327 e. The first kappa shape index (κ1) is 15.8. The molecule has 0 atom stereocenters. The van der Waals surface area contributed by atoms with E-state index in [1.54, 1.807) is 6.07 Å². The van der Waals surface area contributed by atoms with E-state index in [1.165, 1.54) is 18.2 Å². The second-order valence-corrected chi connectivity index (χ2v) is 2.06. The number of nitrogens with one attached hydrogen (secondary N) is 1. The van der Waals surface area contributed by atoms with E-state index < -0.39 is 5.97 Å². The molecule has 0 saturated heterocycles. The summed E-state index contributed by atoms with van der Waals surface area (Å²) in [6, 6.07) is 1.69. The summed E-state index contributed by atoms with van der Waals surface area (Å²) in [7, 11) is 0. The number of aliphatic carboxylic acids is 1. The van der Waals surface area contributed by atoms with Gasteiger partial charge in [0, 0.05) is 24.3 Å². The topological polar surface area (TPSA) is 107 Å². The molecule has 0 unspecified atom stereocenters. The lowest BCUT2D eigenvalue weighted by Crippen LogP contribution is -2.19. The molecular weight excluding hydrogens is 212 g/mol. The number of amides is 2. The van der Waals surface area contributed by atoms with Crippen molar-refractivity contribution >= 4 is 17.8 Å². The molecule has 1 aliphatic rings. The van der Waals surface area contributed by atoms with E-state index in [0.717, 1.165) is 6.08 Å². The van der Waals surface area contributed by atoms with Crippen molar-refractivity contribution in [2.24, 2.45) is 0 Å². The normalized spacial score (nSPS) is 10.7. The maximum Gasteiger partial charge on any atom is 0.327 e. The van der Waals surface area contributed by atoms with Gasteiger partial charge in [0.25, 0.3) is 11.8 Å². The van der Waals surface area contributed by atoms with E-state index in [0.29, 0.717) is 0 Å². The summed E-state index contributed by atoms with van der Waals surface area (Å²) in [5.74, 6) is -1.64. The van der Waals surface area contributed by atoms with Crippen LogP contribution in [0, 0.1) is 11.3 Å². The highest BCUT2D eigenvalue weighted by molar-refractivity contribution is 6.12. The van der Waals surface area contributed by atoms with Gasteiger partial charge in [0.1, 0.15) is 0 Å². The maximum atomic E-state index is 10.0. The fourth-order valence-corrected chi connectivity index (χ4v) is 0.356. The second-order valence-electron chi connectivity index (χ2n) is 2.06. The first-order valence-electron chi connectivity index (χ1n) is 3.86. The van der Waals surface area contributed by atoms with Gasteiger partial charge in [-0.3, -0.25) is 14.9 Å². The summed E-state index contributed by atoms with van der Waals surface area (Å²) in [6.45, 7) is 6.08. The van der Waals surface area contributed by atoms with Crippen molar-refractivity contribution in [2.75, 3.05) is 0 Å². The number of carbonyl (C=O) groups excluding carboxylic acids is 2. The van der Waals surface area contributed by atoms with Crippen LogP contribution in [0.25, 0.3) is 0 Å². The molecule has 6 nitrogen and oxygen atoms in total. The SMILES string of the molecule is C=CC#N.C=CC(=O)O.O=C1C=CC(=O)N1. The number of imide groups is 1. The highest BCUT2D eigenvalue weighted by Crippen LogP contribution is 1.82. The summed E-state index contributed by atoms with van der Waals surface area (Å²) >= 11 is 0. The van der Waals surface area contributed by atoms with E-state index in [4.69, 9.17) is 10.4 Å². The number of nitrogens with zero attached hydrogens (tertiary/aromatic N) is 1. The Morgan fingerprint density at radius 3 is 1.75 bits per heavy atom. The molecule has 0 fully saturated rings. The van der Waals surface area contributed by atoms with E-state index in [1.807, 2.05) is 5.32 Å². The van der Waals surface area contributed by atoms with Gasteiger partial charge in [0.2, 0.25) is 0 Å². The van der Waals surface area contributed by atoms with Crippen LogP contribution in [0.4, 0.5) is 0 Å². The minimum atomic E-state index is -0.981. The second kappa shape index (κ2) is 10.4. The Labute approximate surface area is 92.2 Å². The summed E-state index contributed by atoms with van der Waals surface area (Å²) in [4.78, 5) is 29.3. The third kappa shape index (κ3) is 13.9. The van der Waals surface area contributed by atoms with Crippen molar-refractivity contribution in [1.29, 1.82) is 5.26 Å². The van der Waals surface area contributed by atoms with Crippen LogP contribution in [-0.4, -0.2) is 22.9 Å². The van der Waals surface area contributed by atoms with Crippen LogP contribution in [-0.2, 0) is 14.4 Å². The van der Waals surface area contributed by atoms with Gasteiger partial charge in [0.05, 0.1) is 6.07 Å². The number of carbonyl (C=O) groups is 3. The molecule has 6 heteroatoms. The lowest BCUT2D eigenvalue weighted by Gasteiger charge is -1.80. The van der Waals surface area contributed by atoms with Crippen LogP contribution in [0.3, 0.4) is 0 Å². The molecule has 16 heavy (non-hydrogen) atoms. The quantitative estimate of drug-likeness (QED) is 0.373. The van der Waals surface area contributed by atoms with Crippen LogP contribution < -0.4 is 5.32 Å². The highest BCUT2D eigenvalue weighted by Gasteiger charge is 2.06. The molecule has 0 saturated carbocycles. The number of hydrogen-bond donors (Lipinski definition) is 2. The molecule has 1 rings (SSSR count). The zero-order valence-corrected chi connectivity index (χ0v) is 8.34. The predicted octanol–water partition coefficient (Wildman–Crippen LogP) is 0.152. The first-order chi connectivity index (χ1) is 7.47. The lowest BCUT2D eigenvalue weighted by atomic mass is 10.6. The van der Waals surface area contributed by atoms with Gasteiger partial charge in [-0.25, -0.2) is 4.79 Å². The van der Waals surface area contributed by atoms with Crippen LogP contribution in [0.1, 0.15) is 0 Å². The molecule has 0 radical (unpaired) electrons. The monoisotopic (exact) mass is 222 g/mol. The Balaban J connectivity index is 0. The van der Waals surface area contributed by atoms with Crippen molar-refractivity contribution in [2.45, 2.75) is 0 Å². The summed E-state index contributed by atoms with van der Waals surface area (Å²) in [5.41, 5.74) is 0. The molecule has 84 valence electrons. The van der Waals surface area contributed by atoms with Crippen LogP contribution in [0.15, 0.2) is 37.5 Å². The molecule has 1 aliphatic heterocycles. The fourth-order valence-electron chi connectivity index (χ4n) is 0.356. The number of nitriles is 1. The Morgan fingerprint density at radius 1 is 1.38 bits per heavy atom. The first-order valence-corrected chi connectivity index (χ1v) is 3.86. The van der Waals surface area contributed by atoms with Gasteiger partial charge in [-0.15, -0.1) is 0 Å². The van der Waals surface area contributed by atoms with E-state index in [2.05, 4.69) is 13.2 Å². The molecule has 0 aromatic heterocycles. The van der Waals surface area contributed by atoms with Gasteiger partial charge in [0.15, 0.2) is 0 Å². The van der Waals surface area contributed by atoms with Crippen LogP contribution >= 0.6 is 0 Å². The maximum absolute atomic E-state index is 10.0. The van der Waals surface area contributed by atoms with Crippen molar-refractivity contribution in [3.05, 3.63) is 37.5 Å². The van der Waals surface area contributed by atoms with Crippen molar-refractivity contribution < 1.29 is 19.5 Å². The van der Waals surface area contributed by atoms with Gasteiger partial charge in [-0.2, -0.15) is 5.26 Å². The largest absolute Gasteiger partial charge is 0.478 e. The zero-order chi connectivity index (χ0) is 13.0. The number of hydrogen-bond acceptors (Lipinski definition) is 4. The third-order valence-electron chi connectivity index (χ3n) is 0.898. The average molecular weight is 222 g/mol. The van der Waals surface area contributed by atoms with E-state index in [-0.39, 0.29) is 11.8 Å². The standard InChI is InChI=1S/C4H3NO2.C3H3N.C3H4O2/c6-3-1-2-4(7)5-3;1-2-3-4;1-2-3(4)5/h1-2H,(H,5,6,7);2H,1H2;2H,1H2,(H,4,5). The number of allylic oxidation sites excluding steroid dienone is 1. The Kier molecular flexibility index (Phi) is 10.3. The summed E-state index contributed by atoms with van der Waals surface area (Å²) in [6.07, 6.45) is 4.41. The molecule has 1 heterocycles. The van der Waals surface area contributed by atoms with Gasteiger partial charge in [-0.1, -0.05) is 13.2 Å². The van der Waals surface area contributed by atoms with Crippen molar-refractivity contribution in [3.63, 3.8) is 0 Å². The molecule has 2 amide bonds. The summed E-state index contributed by atoms with van der Waals surface area (Å²) in [5, 5.41) is 17.1. The zero-order valence-electron chi connectivity index (χ0n) is 8.34. The molecule has 0 spiro atoms. The van der Waals surface area contributed by atoms with E-state index in [9.17, 15) is 14.4 Å². The number of carboxylic acids is 1. The Hall–Kier alpha value is -2.68. The Bertz CT molecular complexity index is 348. The molecule has 0 aliphatic carbocycles. The minimum absolute atomic E-state index is 0.329. The predicted molar refractivity (Wildman–Crippen MR) is 55.9 cm³/mol. The Morgan fingerprint density at radius 2 is 1.69 bits per heavy atom. The fraction of sp³-hybridized carbons (Fsp3) is 0. The minimum Gasteiger partial charge on any atom is -0.478 e. The van der Waals surface area contributed by atoms with E-state index >= 15 is 0 Å². The van der Waals surface area contributed by atoms with Gasteiger partial charge < -0.3 is 5.11 Å². The number of carboxylic acid groups (broad SMARTS) is 1. The molecule has 0 aromatic carbocycles. The van der Waals surface area contributed by atoms with Crippen molar-refractivity contribution in [1.82, 2.24) is 5.32 Å². The van der Waals surface area contributed by atoms with Gasteiger partial charge >= 0.3 is 5.97 Å². The molecule has 0 bridgehead atoms. The van der Waals surface area contributed by atoms with Crippen LogP contribution in [0.2, 0.25) is 0 Å². The number of rotatable bonds is 1. The van der Waals surface area contributed by atoms with Crippen LogP contribution in [0.5, 0.6) is 0 Å².